The molecule has 1 aromatic heterocycles. The van der Waals surface area contributed by atoms with E-state index in [-0.39, 0.29) is 12.1 Å². The van der Waals surface area contributed by atoms with Crippen molar-refractivity contribution in [2.45, 2.75) is 51.0 Å². The Labute approximate surface area is 131 Å². The molecule has 22 heavy (non-hydrogen) atoms. The number of aromatic nitrogens is 2. The van der Waals surface area contributed by atoms with E-state index in [0.29, 0.717) is 24.9 Å². The zero-order chi connectivity index (χ0) is 15.7. The molecule has 2 N–H and O–H groups in total. The largest absolute Gasteiger partial charge is 0.393 e. The van der Waals surface area contributed by atoms with Gasteiger partial charge in [-0.3, -0.25) is 10.00 Å². The molecular weight excluding hydrogens is 280 g/mol. The summed E-state index contributed by atoms with van der Waals surface area (Å²) >= 11 is 0. The molecule has 1 saturated heterocycles. The Morgan fingerprint density at radius 3 is 2.59 bits per heavy atom. The molecule has 122 valence electrons. The van der Waals surface area contributed by atoms with Crippen LogP contribution in [-0.4, -0.2) is 45.0 Å². The summed E-state index contributed by atoms with van der Waals surface area (Å²) in [7, 11) is 1.87. The highest BCUT2D eigenvalue weighted by Gasteiger charge is 2.27. The molecule has 0 bridgehead atoms. The molecule has 0 aromatic carbocycles. The van der Waals surface area contributed by atoms with E-state index in [0.717, 1.165) is 24.4 Å². The first-order valence-electron chi connectivity index (χ1n) is 8.32. The van der Waals surface area contributed by atoms with Gasteiger partial charge in [-0.15, -0.1) is 0 Å². The summed E-state index contributed by atoms with van der Waals surface area (Å²) in [5.74, 6) is 1.65. The van der Waals surface area contributed by atoms with Crippen LogP contribution in [0.3, 0.4) is 0 Å². The van der Waals surface area contributed by atoms with Gasteiger partial charge in [-0.25, -0.2) is 4.79 Å². The van der Waals surface area contributed by atoms with Gasteiger partial charge >= 0.3 is 6.03 Å². The van der Waals surface area contributed by atoms with Gasteiger partial charge < -0.3 is 10.0 Å². The van der Waals surface area contributed by atoms with Crippen LogP contribution in [0.1, 0.15) is 50.6 Å². The van der Waals surface area contributed by atoms with Crippen LogP contribution in [0.5, 0.6) is 0 Å². The van der Waals surface area contributed by atoms with Crippen LogP contribution >= 0.6 is 0 Å². The van der Waals surface area contributed by atoms with Crippen molar-refractivity contribution in [2.24, 2.45) is 13.0 Å². The molecule has 2 fully saturated rings. The van der Waals surface area contributed by atoms with Gasteiger partial charge in [0.1, 0.15) is 5.82 Å². The quantitative estimate of drug-likeness (QED) is 0.900. The van der Waals surface area contributed by atoms with Crippen molar-refractivity contribution in [3.05, 3.63) is 11.8 Å². The predicted octanol–water partition coefficient (Wildman–Crippen LogP) is 2.31. The number of hydrogen-bond acceptors (Lipinski definition) is 3. The van der Waals surface area contributed by atoms with Gasteiger partial charge in [-0.1, -0.05) is 6.42 Å². The lowest BCUT2D eigenvalue weighted by atomic mass is 9.83. The lowest BCUT2D eigenvalue weighted by molar-refractivity contribution is 0.0820. The maximum atomic E-state index is 12.4. The smallest absolute Gasteiger partial charge is 0.322 e. The fourth-order valence-corrected chi connectivity index (χ4v) is 3.28. The first kappa shape index (κ1) is 15.3. The third kappa shape index (κ3) is 3.11. The third-order valence-corrected chi connectivity index (χ3v) is 5.17. The minimum atomic E-state index is -0.285. The fraction of sp³-hybridized carbons (Fsp3) is 0.750. The number of rotatable bonds is 3. The predicted molar refractivity (Wildman–Crippen MR) is 84.8 cm³/mol. The maximum absolute atomic E-state index is 12.4. The number of urea groups is 1. The van der Waals surface area contributed by atoms with Gasteiger partial charge in [0.15, 0.2) is 0 Å². The summed E-state index contributed by atoms with van der Waals surface area (Å²) < 4.78 is 1.76. The number of carbonyl (C=O) groups excluding carboxylic acids is 1. The minimum Gasteiger partial charge on any atom is -0.393 e. The van der Waals surface area contributed by atoms with E-state index in [1.807, 2.05) is 24.9 Å². The standard InChI is InChI=1S/C16H26N4O2/c1-11(21)12-6-8-20(9-7-12)16(22)17-15-10-14(18-19(15)2)13-4-3-5-13/h10-13,21H,3-9H2,1-2H3,(H,17,22). The second-order valence-corrected chi connectivity index (χ2v) is 6.70. The summed E-state index contributed by atoms with van der Waals surface area (Å²) in [6, 6.07) is 1.94. The number of likely N-dealkylation sites (tertiary alicyclic amines) is 1. The molecule has 1 aromatic rings. The number of aryl methyl sites for hydroxylation is 1. The molecule has 1 saturated carbocycles. The van der Waals surface area contributed by atoms with E-state index in [1.54, 1.807) is 4.68 Å². The lowest BCUT2D eigenvalue weighted by Crippen LogP contribution is -2.43. The van der Waals surface area contributed by atoms with Crippen LogP contribution in [-0.2, 0) is 7.05 Å². The Balaban J connectivity index is 1.57. The molecule has 2 aliphatic rings. The van der Waals surface area contributed by atoms with Crippen LogP contribution in [0, 0.1) is 5.92 Å². The van der Waals surface area contributed by atoms with E-state index >= 15 is 0 Å². The Hall–Kier alpha value is -1.56. The average molecular weight is 306 g/mol. The Morgan fingerprint density at radius 1 is 1.36 bits per heavy atom. The van der Waals surface area contributed by atoms with Crippen LogP contribution in [0.2, 0.25) is 0 Å². The highest BCUT2D eigenvalue weighted by molar-refractivity contribution is 5.88. The average Bonchev–Trinajstić information content (AvgIpc) is 2.77. The van der Waals surface area contributed by atoms with Crippen molar-refractivity contribution in [1.29, 1.82) is 0 Å². The number of nitrogens with zero attached hydrogens (tertiary/aromatic N) is 3. The van der Waals surface area contributed by atoms with Crippen LogP contribution in [0.15, 0.2) is 6.07 Å². The Bertz CT molecular complexity index is 528. The third-order valence-electron chi connectivity index (χ3n) is 5.17. The monoisotopic (exact) mass is 306 g/mol. The lowest BCUT2D eigenvalue weighted by Gasteiger charge is -2.33. The number of aliphatic hydroxyl groups excluding tert-OH is 1. The number of amides is 2. The number of aliphatic hydroxyl groups is 1. The number of piperidine rings is 1. The van der Waals surface area contributed by atoms with E-state index < -0.39 is 0 Å². The highest BCUT2D eigenvalue weighted by atomic mass is 16.3. The van der Waals surface area contributed by atoms with Crippen LogP contribution < -0.4 is 5.32 Å². The van der Waals surface area contributed by atoms with Crippen LogP contribution in [0.25, 0.3) is 0 Å². The Morgan fingerprint density at radius 2 is 2.05 bits per heavy atom. The number of hydrogen-bond donors (Lipinski definition) is 2. The second kappa shape index (κ2) is 6.28. The molecule has 6 nitrogen and oxygen atoms in total. The maximum Gasteiger partial charge on any atom is 0.322 e. The first-order chi connectivity index (χ1) is 10.5. The van der Waals surface area contributed by atoms with Crippen LogP contribution in [0.4, 0.5) is 10.6 Å². The van der Waals surface area contributed by atoms with Gasteiger partial charge in [0.25, 0.3) is 0 Å². The van der Waals surface area contributed by atoms with E-state index in [1.165, 1.54) is 19.3 Å². The van der Waals surface area contributed by atoms with E-state index in [4.69, 9.17) is 0 Å². The number of anilines is 1. The van der Waals surface area contributed by atoms with Crippen molar-refractivity contribution in [1.82, 2.24) is 14.7 Å². The summed E-state index contributed by atoms with van der Waals surface area (Å²) in [4.78, 5) is 14.2. The van der Waals surface area contributed by atoms with Crippen molar-refractivity contribution in [3.63, 3.8) is 0 Å². The van der Waals surface area contributed by atoms with Crippen molar-refractivity contribution < 1.29 is 9.90 Å². The zero-order valence-electron chi connectivity index (χ0n) is 13.5. The van der Waals surface area contributed by atoms with Crippen molar-refractivity contribution in [3.8, 4) is 0 Å². The molecule has 1 atom stereocenters. The molecule has 6 heteroatoms. The minimum absolute atomic E-state index is 0.0628. The molecule has 2 heterocycles. The summed E-state index contributed by atoms with van der Waals surface area (Å²) in [6.07, 6.45) is 5.14. The summed E-state index contributed by atoms with van der Waals surface area (Å²) in [5, 5.41) is 17.1. The topological polar surface area (TPSA) is 70.4 Å². The SMILES string of the molecule is CC(O)C1CCN(C(=O)Nc2cc(C3CCC3)nn2C)CC1. The molecule has 0 radical (unpaired) electrons. The fourth-order valence-electron chi connectivity index (χ4n) is 3.28. The van der Waals surface area contributed by atoms with Gasteiger partial charge in [0.05, 0.1) is 11.8 Å². The second-order valence-electron chi connectivity index (χ2n) is 6.70. The number of nitrogens with one attached hydrogen (secondary N) is 1. The van der Waals surface area contributed by atoms with Gasteiger partial charge in [-0.05, 0) is 38.5 Å². The van der Waals surface area contributed by atoms with E-state index in [2.05, 4.69) is 10.4 Å². The van der Waals surface area contributed by atoms with E-state index in [9.17, 15) is 9.90 Å². The van der Waals surface area contributed by atoms with Crippen molar-refractivity contribution in [2.75, 3.05) is 18.4 Å². The summed E-state index contributed by atoms with van der Waals surface area (Å²) in [6.45, 7) is 3.24. The molecule has 3 rings (SSSR count). The molecule has 2 amide bonds. The molecule has 1 unspecified atom stereocenters. The summed E-state index contributed by atoms with van der Waals surface area (Å²) in [5.41, 5.74) is 1.09. The normalized spacial score (nSPS) is 21.5. The number of carbonyl (C=O) groups is 1. The molecule has 0 spiro atoms. The first-order valence-corrected chi connectivity index (χ1v) is 8.32. The van der Waals surface area contributed by atoms with Crippen molar-refractivity contribution >= 4 is 11.8 Å². The molecule has 1 aliphatic carbocycles. The van der Waals surface area contributed by atoms with Gasteiger partial charge in [-0.2, -0.15) is 5.10 Å². The highest BCUT2D eigenvalue weighted by Crippen LogP contribution is 2.36. The Kier molecular flexibility index (Phi) is 4.38. The van der Waals surface area contributed by atoms with Gasteiger partial charge in [0.2, 0.25) is 0 Å². The zero-order valence-corrected chi connectivity index (χ0v) is 13.5. The molecular formula is C16H26N4O2. The molecule has 1 aliphatic heterocycles. The van der Waals surface area contributed by atoms with Gasteiger partial charge in [0, 0.05) is 32.1 Å².